The molecular weight excluding hydrogens is 364 g/mol. The minimum absolute atomic E-state index is 0.0162. The highest BCUT2D eigenvalue weighted by atomic mass is 19.4. The molecule has 2 aromatic carbocycles. The molecular formula is C17H13F6NO2. The van der Waals surface area contributed by atoms with Gasteiger partial charge >= 0.3 is 12.5 Å². The Bertz CT molecular complexity index is 786. The van der Waals surface area contributed by atoms with Gasteiger partial charge in [0, 0.05) is 30.9 Å². The number of hydrogen-bond acceptors (Lipinski definition) is 3. The standard InChI is InChI=1S/C17H13F6NO2/c1-24(9-11-3-2-4-13(5-11)16(18,19)20)14-6-12(10-25)7-15(8-14)26-17(21,22)23/h2-8,10H,9H2,1H3. The molecule has 140 valence electrons. The van der Waals surface area contributed by atoms with Crippen LogP contribution in [0.25, 0.3) is 0 Å². The number of benzene rings is 2. The van der Waals surface area contributed by atoms with E-state index in [1.54, 1.807) is 0 Å². The largest absolute Gasteiger partial charge is 0.573 e. The third kappa shape index (κ3) is 5.40. The highest BCUT2D eigenvalue weighted by molar-refractivity contribution is 5.78. The molecule has 9 heteroatoms. The summed E-state index contributed by atoms with van der Waals surface area (Å²) in [6.45, 7) is -0.0162. The molecule has 0 unspecified atom stereocenters. The fraction of sp³-hybridized carbons (Fsp3) is 0.235. The van der Waals surface area contributed by atoms with E-state index >= 15 is 0 Å². The average Bonchev–Trinajstić information content (AvgIpc) is 2.52. The van der Waals surface area contributed by atoms with Crippen LogP contribution in [0.3, 0.4) is 0 Å². The Kier molecular flexibility index (Phi) is 5.48. The molecule has 0 saturated carbocycles. The first kappa shape index (κ1) is 19.6. The van der Waals surface area contributed by atoms with Crippen molar-refractivity contribution in [2.45, 2.75) is 19.1 Å². The molecule has 0 saturated heterocycles. The number of anilines is 1. The first-order valence-electron chi connectivity index (χ1n) is 7.21. The van der Waals surface area contributed by atoms with Crippen LogP contribution in [0.2, 0.25) is 0 Å². The molecule has 0 aliphatic heterocycles. The molecule has 0 bridgehead atoms. The molecule has 2 rings (SSSR count). The summed E-state index contributed by atoms with van der Waals surface area (Å²) >= 11 is 0. The van der Waals surface area contributed by atoms with Crippen molar-refractivity contribution in [2.75, 3.05) is 11.9 Å². The molecule has 0 aliphatic carbocycles. The van der Waals surface area contributed by atoms with Crippen LogP contribution in [0.1, 0.15) is 21.5 Å². The second-order valence-electron chi connectivity index (χ2n) is 5.48. The second kappa shape index (κ2) is 7.27. The first-order chi connectivity index (χ1) is 12.0. The van der Waals surface area contributed by atoms with Gasteiger partial charge in [0.05, 0.1) is 5.56 Å². The monoisotopic (exact) mass is 377 g/mol. The minimum Gasteiger partial charge on any atom is -0.406 e. The van der Waals surface area contributed by atoms with E-state index in [1.165, 1.54) is 30.1 Å². The van der Waals surface area contributed by atoms with E-state index in [4.69, 9.17) is 0 Å². The summed E-state index contributed by atoms with van der Waals surface area (Å²) in [5, 5.41) is 0. The lowest BCUT2D eigenvalue weighted by atomic mass is 10.1. The number of alkyl halides is 6. The van der Waals surface area contributed by atoms with Crippen molar-refractivity contribution in [3.63, 3.8) is 0 Å². The third-order valence-electron chi connectivity index (χ3n) is 3.40. The number of aldehydes is 1. The second-order valence-corrected chi connectivity index (χ2v) is 5.48. The van der Waals surface area contributed by atoms with Crippen LogP contribution in [-0.2, 0) is 12.7 Å². The lowest BCUT2D eigenvalue weighted by Gasteiger charge is -2.21. The van der Waals surface area contributed by atoms with Gasteiger partial charge in [-0.2, -0.15) is 13.2 Å². The van der Waals surface area contributed by atoms with Gasteiger partial charge in [0.1, 0.15) is 12.0 Å². The fourth-order valence-electron chi connectivity index (χ4n) is 2.30. The van der Waals surface area contributed by atoms with Gasteiger partial charge in [-0.25, -0.2) is 0 Å². The van der Waals surface area contributed by atoms with Gasteiger partial charge in [-0.05, 0) is 29.8 Å². The fourth-order valence-corrected chi connectivity index (χ4v) is 2.30. The number of hydrogen-bond donors (Lipinski definition) is 0. The van der Waals surface area contributed by atoms with E-state index < -0.39 is 23.9 Å². The van der Waals surface area contributed by atoms with Gasteiger partial charge in [0.2, 0.25) is 0 Å². The van der Waals surface area contributed by atoms with Gasteiger partial charge in [0.15, 0.2) is 0 Å². The molecule has 0 aromatic heterocycles. The number of ether oxygens (including phenoxy) is 1. The van der Waals surface area contributed by atoms with Gasteiger partial charge in [0.25, 0.3) is 0 Å². The minimum atomic E-state index is -4.93. The van der Waals surface area contributed by atoms with Gasteiger partial charge in [-0.1, -0.05) is 12.1 Å². The quantitative estimate of drug-likeness (QED) is 0.539. The van der Waals surface area contributed by atoms with Crippen LogP contribution < -0.4 is 9.64 Å². The Morgan fingerprint density at radius 2 is 1.73 bits per heavy atom. The molecule has 0 radical (unpaired) electrons. The lowest BCUT2D eigenvalue weighted by molar-refractivity contribution is -0.274. The van der Waals surface area contributed by atoms with Crippen LogP contribution in [0.4, 0.5) is 32.0 Å². The maximum Gasteiger partial charge on any atom is 0.573 e. The van der Waals surface area contributed by atoms with Crippen molar-refractivity contribution < 1.29 is 35.9 Å². The molecule has 0 heterocycles. The van der Waals surface area contributed by atoms with Gasteiger partial charge in [-0.3, -0.25) is 4.79 Å². The highest BCUT2D eigenvalue weighted by Gasteiger charge is 2.32. The Balaban J connectivity index is 2.28. The van der Waals surface area contributed by atoms with Crippen LogP contribution >= 0.6 is 0 Å². The lowest BCUT2D eigenvalue weighted by Crippen LogP contribution is -2.19. The molecule has 0 fully saturated rings. The van der Waals surface area contributed by atoms with Crippen LogP contribution in [0.5, 0.6) is 5.75 Å². The van der Waals surface area contributed by atoms with Crippen molar-refractivity contribution in [2.24, 2.45) is 0 Å². The maximum atomic E-state index is 12.8. The number of nitrogens with zero attached hydrogens (tertiary/aromatic N) is 1. The van der Waals surface area contributed by atoms with E-state index in [0.29, 0.717) is 11.8 Å². The number of halogens is 6. The maximum absolute atomic E-state index is 12.8. The Morgan fingerprint density at radius 3 is 2.31 bits per heavy atom. The predicted octanol–water partition coefficient (Wildman–Crippen LogP) is 5.05. The summed E-state index contributed by atoms with van der Waals surface area (Å²) in [5.74, 6) is -0.590. The average molecular weight is 377 g/mol. The Hall–Kier alpha value is -2.71. The number of carbonyl (C=O) groups excluding carboxylic acids is 1. The predicted molar refractivity (Wildman–Crippen MR) is 82.1 cm³/mol. The van der Waals surface area contributed by atoms with E-state index in [2.05, 4.69) is 4.74 Å². The van der Waals surface area contributed by atoms with E-state index in [9.17, 15) is 31.1 Å². The summed E-state index contributed by atoms with van der Waals surface area (Å²) < 4.78 is 79.2. The summed E-state index contributed by atoms with van der Waals surface area (Å²) in [6.07, 6.45) is -9.08. The van der Waals surface area contributed by atoms with Crippen molar-refractivity contribution in [1.29, 1.82) is 0 Å². The number of carbonyl (C=O) groups is 1. The normalized spacial score (nSPS) is 12.0. The molecule has 0 spiro atoms. The van der Waals surface area contributed by atoms with Gasteiger partial charge in [-0.15, -0.1) is 13.2 Å². The smallest absolute Gasteiger partial charge is 0.406 e. The SMILES string of the molecule is CN(Cc1cccc(C(F)(F)F)c1)c1cc(C=O)cc(OC(F)(F)F)c1. The molecule has 0 aliphatic rings. The topological polar surface area (TPSA) is 29.5 Å². The summed E-state index contributed by atoms with van der Waals surface area (Å²) in [4.78, 5) is 12.3. The molecule has 26 heavy (non-hydrogen) atoms. The van der Waals surface area contributed by atoms with Crippen LogP contribution in [0.15, 0.2) is 42.5 Å². The Labute approximate surface area is 144 Å². The summed E-state index contributed by atoms with van der Waals surface area (Å²) in [6, 6.07) is 7.85. The molecule has 0 atom stereocenters. The van der Waals surface area contributed by atoms with E-state index in [-0.39, 0.29) is 17.8 Å². The van der Waals surface area contributed by atoms with Crippen LogP contribution in [0, 0.1) is 0 Å². The molecule has 0 N–H and O–H groups in total. The van der Waals surface area contributed by atoms with Crippen molar-refractivity contribution in [1.82, 2.24) is 0 Å². The zero-order valence-corrected chi connectivity index (χ0v) is 13.4. The summed E-state index contributed by atoms with van der Waals surface area (Å²) in [7, 11) is 1.47. The third-order valence-corrected chi connectivity index (χ3v) is 3.40. The van der Waals surface area contributed by atoms with Crippen molar-refractivity contribution in [3.05, 3.63) is 59.2 Å². The Morgan fingerprint density at radius 1 is 1.04 bits per heavy atom. The zero-order valence-electron chi connectivity index (χ0n) is 13.4. The van der Waals surface area contributed by atoms with Gasteiger partial charge < -0.3 is 9.64 Å². The number of rotatable bonds is 5. The van der Waals surface area contributed by atoms with Crippen molar-refractivity contribution >= 4 is 12.0 Å². The van der Waals surface area contributed by atoms with Crippen LogP contribution in [-0.4, -0.2) is 19.7 Å². The summed E-state index contributed by atoms with van der Waals surface area (Å²) in [5.41, 5.74) is -0.396. The zero-order chi connectivity index (χ0) is 19.5. The molecule has 2 aromatic rings. The van der Waals surface area contributed by atoms with Crippen molar-refractivity contribution in [3.8, 4) is 5.75 Å². The molecule has 3 nitrogen and oxygen atoms in total. The first-order valence-corrected chi connectivity index (χ1v) is 7.21. The van der Waals surface area contributed by atoms with E-state index in [1.807, 2.05) is 0 Å². The highest BCUT2D eigenvalue weighted by Crippen LogP contribution is 2.31. The molecule has 0 amide bonds. The van der Waals surface area contributed by atoms with E-state index in [0.717, 1.165) is 24.3 Å².